The Hall–Kier alpha value is -3.41. The number of methoxy groups -OCH3 is 1. The number of nitrogens with one attached hydrogen (secondary N) is 2. The highest BCUT2D eigenvalue weighted by atomic mass is 19.1. The Kier molecular flexibility index (Phi) is 6.57. The molecule has 6 heteroatoms. The van der Waals surface area contributed by atoms with Gasteiger partial charge in [-0.2, -0.15) is 0 Å². The summed E-state index contributed by atoms with van der Waals surface area (Å²) >= 11 is 0. The number of anilines is 2. The second-order valence-electron chi connectivity index (χ2n) is 6.28. The Morgan fingerprint density at radius 1 is 1.11 bits per heavy atom. The fraction of sp³-hybridized carbons (Fsp3) is 0.182. The molecule has 5 nitrogen and oxygen atoms in total. The molecule has 0 atom stereocenters. The summed E-state index contributed by atoms with van der Waals surface area (Å²) in [6.07, 6.45) is 2.39. The third-order valence-corrected chi connectivity index (χ3v) is 4.21. The summed E-state index contributed by atoms with van der Waals surface area (Å²) in [5, 5.41) is 5.97. The summed E-state index contributed by atoms with van der Waals surface area (Å²) in [4.78, 5) is 16.4. The SMILES string of the molecule is COc1cccc(CCNc2ccc(NC(=O)Cc3ccccc3F)cn2)c1. The van der Waals surface area contributed by atoms with E-state index in [2.05, 4.69) is 15.6 Å². The van der Waals surface area contributed by atoms with Crippen molar-refractivity contribution in [1.82, 2.24) is 4.98 Å². The van der Waals surface area contributed by atoms with Crippen molar-refractivity contribution in [3.8, 4) is 5.75 Å². The van der Waals surface area contributed by atoms with Crippen LogP contribution < -0.4 is 15.4 Å². The van der Waals surface area contributed by atoms with Crippen LogP contribution in [-0.2, 0) is 17.6 Å². The van der Waals surface area contributed by atoms with Crippen LogP contribution >= 0.6 is 0 Å². The number of hydrogen-bond donors (Lipinski definition) is 2. The number of amides is 1. The molecule has 3 aromatic rings. The highest BCUT2D eigenvalue weighted by Crippen LogP contribution is 2.14. The molecular weight excluding hydrogens is 357 g/mol. The average Bonchev–Trinajstić information content (AvgIpc) is 2.71. The van der Waals surface area contributed by atoms with Gasteiger partial charge in [0.25, 0.3) is 0 Å². The molecule has 0 radical (unpaired) electrons. The van der Waals surface area contributed by atoms with Crippen LogP contribution in [0.3, 0.4) is 0 Å². The second kappa shape index (κ2) is 9.50. The molecule has 3 rings (SSSR count). The molecule has 0 spiro atoms. The van der Waals surface area contributed by atoms with Gasteiger partial charge in [-0.05, 0) is 47.9 Å². The summed E-state index contributed by atoms with van der Waals surface area (Å²) in [5.74, 6) is 0.887. The van der Waals surface area contributed by atoms with Gasteiger partial charge in [0.1, 0.15) is 17.4 Å². The summed E-state index contributed by atoms with van der Waals surface area (Å²) < 4.78 is 18.8. The molecule has 1 heterocycles. The third-order valence-electron chi connectivity index (χ3n) is 4.21. The average molecular weight is 379 g/mol. The zero-order chi connectivity index (χ0) is 19.8. The molecule has 0 aliphatic heterocycles. The van der Waals surface area contributed by atoms with E-state index in [0.29, 0.717) is 11.3 Å². The number of pyridine rings is 1. The van der Waals surface area contributed by atoms with Crippen LogP contribution in [0.5, 0.6) is 5.75 Å². The molecule has 0 aliphatic carbocycles. The normalized spacial score (nSPS) is 10.4. The van der Waals surface area contributed by atoms with Crippen molar-refractivity contribution < 1.29 is 13.9 Å². The van der Waals surface area contributed by atoms with Gasteiger partial charge in [0.15, 0.2) is 0 Å². The van der Waals surface area contributed by atoms with Crippen LogP contribution in [0, 0.1) is 5.82 Å². The quantitative estimate of drug-likeness (QED) is 0.619. The Labute approximate surface area is 163 Å². The number of aromatic nitrogens is 1. The smallest absolute Gasteiger partial charge is 0.228 e. The zero-order valence-corrected chi connectivity index (χ0v) is 15.6. The van der Waals surface area contributed by atoms with Crippen LogP contribution in [0.1, 0.15) is 11.1 Å². The van der Waals surface area contributed by atoms with E-state index in [9.17, 15) is 9.18 Å². The van der Waals surface area contributed by atoms with Gasteiger partial charge < -0.3 is 15.4 Å². The Bertz CT molecular complexity index is 929. The van der Waals surface area contributed by atoms with E-state index in [-0.39, 0.29) is 18.1 Å². The van der Waals surface area contributed by atoms with E-state index < -0.39 is 0 Å². The summed E-state index contributed by atoms with van der Waals surface area (Å²) in [6.45, 7) is 0.721. The van der Waals surface area contributed by atoms with Crippen molar-refractivity contribution in [3.05, 3.63) is 83.8 Å². The van der Waals surface area contributed by atoms with Crippen molar-refractivity contribution in [3.63, 3.8) is 0 Å². The molecule has 0 bridgehead atoms. The molecule has 0 aliphatic rings. The van der Waals surface area contributed by atoms with Crippen molar-refractivity contribution in [2.24, 2.45) is 0 Å². The highest BCUT2D eigenvalue weighted by molar-refractivity contribution is 5.92. The van der Waals surface area contributed by atoms with Crippen LogP contribution in [0.25, 0.3) is 0 Å². The monoisotopic (exact) mass is 379 g/mol. The van der Waals surface area contributed by atoms with Crippen molar-refractivity contribution in [1.29, 1.82) is 0 Å². The molecule has 2 N–H and O–H groups in total. The lowest BCUT2D eigenvalue weighted by Crippen LogP contribution is -2.15. The number of rotatable bonds is 8. The van der Waals surface area contributed by atoms with Crippen molar-refractivity contribution in [2.75, 3.05) is 24.3 Å². The summed E-state index contributed by atoms with van der Waals surface area (Å²) in [5.41, 5.74) is 2.10. The van der Waals surface area contributed by atoms with Crippen molar-refractivity contribution in [2.45, 2.75) is 12.8 Å². The zero-order valence-electron chi connectivity index (χ0n) is 15.6. The first-order valence-corrected chi connectivity index (χ1v) is 9.00. The third kappa shape index (κ3) is 5.54. The molecule has 1 aromatic heterocycles. The number of carbonyl (C=O) groups is 1. The van der Waals surface area contributed by atoms with Gasteiger partial charge in [-0.15, -0.1) is 0 Å². The van der Waals surface area contributed by atoms with E-state index in [4.69, 9.17) is 4.74 Å². The fourth-order valence-corrected chi connectivity index (χ4v) is 2.76. The first kappa shape index (κ1) is 19.4. The van der Waals surface area contributed by atoms with Gasteiger partial charge in [0.05, 0.1) is 25.4 Å². The molecule has 0 fully saturated rings. The van der Waals surface area contributed by atoms with E-state index in [0.717, 1.165) is 24.5 Å². The molecule has 144 valence electrons. The molecule has 2 aromatic carbocycles. The van der Waals surface area contributed by atoms with Crippen LogP contribution in [0.4, 0.5) is 15.9 Å². The van der Waals surface area contributed by atoms with Crippen LogP contribution in [-0.4, -0.2) is 24.5 Å². The van der Waals surface area contributed by atoms with Gasteiger partial charge in [-0.3, -0.25) is 4.79 Å². The minimum atomic E-state index is -0.383. The lowest BCUT2D eigenvalue weighted by molar-refractivity contribution is -0.115. The fourth-order valence-electron chi connectivity index (χ4n) is 2.76. The minimum absolute atomic E-state index is 0.0206. The molecule has 0 saturated heterocycles. The second-order valence-corrected chi connectivity index (χ2v) is 6.28. The Morgan fingerprint density at radius 3 is 2.71 bits per heavy atom. The first-order chi connectivity index (χ1) is 13.6. The van der Waals surface area contributed by atoms with E-state index in [1.165, 1.54) is 11.6 Å². The topological polar surface area (TPSA) is 63.2 Å². The van der Waals surface area contributed by atoms with Crippen molar-refractivity contribution >= 4 is 17.4 Å². The molecule has 0 saturated carbocycles. The van der Waals surface area contributed by atoms with Gasteiger partial charge >= 0.3 is 0 Å². The van der Waals surface area contributed by atoms with E-state index >= 15 is 0 Å². The first-order valence-electron chi connectivity index (χ1n) is 9.00. The maximum Gasteiger partial charge on any atom is 0.228 e. The molecular formula is C22H22FN3O2. The Balaban J connectivity index is 1.48. The van der Waals surface area contributed by atoms with Gasteiger partial charge in [0, 0.05) is 6.54 Å². The molecule has 0 unspecified atom stereocenters. The van der Waals surface area contributed by atoms with E-state index in [1.807, 2.05) is 24.3 Å². The predicted molar refractivity (Wildman–Crippen MR) is 108 cm³/mol. The summed E-state index contributed by atoms with van der Waals surface area (Å²) in [7, 11) is 1.65. The highest BCUT2D eigenvalue weighted by Gasteiger charge is 2.08. The largest absolute Gasteiger partial charge is 0.497 e. The standard InChI is InChI=1S/C22H22FN3O2/c1-28-19-7-4-5-16(13-19)11-12-24-21-10-9-18(15-25-21)26-22(27)14-17-6-2-3-8-20(17)23/h2-10,13,15H,11-12,14H2,1H3,(H,24,25)(H,26,27). The van der Waals surface area contributed by atoms with Gasteiger partial charge in [-0.1, -0.05) is 30.3 Å². The number of benzene rings is 2. The number of ether oxygens (including phenoxy) is 1. The number of carbonyl (C=O) groups excluding carboxylic acids is 1. The Morgan fingerprint density at radius 2 is 1.96 bits per heavy atom. The lowest BCUT2D eigenvalue weighted by Gasteiger charge is -2.09. The predicted octanol–water partition coefficient (Wildman–Crippen LogP) is 4.07. The number of hydrogen-bond acceptors (Lipinski definition) is 4. The van der Waals surface area contributed by atoms with Crippen LogP contribution in [0.2, 0.25) is 0 Å². The number of halogens is 1. The van der Waals surface area contributed by atoms with E-state index in [1.54, 1.807) is 43.6 Å². The summed E-state index contributed by atoms with van der Waals surface area (Å²) in [6, 6.07) is 17.7. The number of nitrogens with zero attached hydrogens (tertiary/aromatic N) is 1. The maximum absolute atomic E-state index is 13.6. The van der Waals surface area contributed by atoms with Gasteiger partial charge in [-0.25, -0.2) is 9.37 Å². The van der Waals surface area contributed by atoms with Gasteiger partial charge in [0.2, 0.25) is 5.91 Å². The lowest BCUT2D eigenvalue weighted by atomic mass is 10.1. The maximum atomic E-state index is 13.6. The molecule has 1 amide bonds. The minimum Gasteiger partial charge on any atom is -0.497 e. The molecule has 28 heavy (non-hydrogen) atoms. The van der Waals surface area contributed by atoms with Crippen LogP contribution in [0.15, 0.2) is 66.9 Å².